The topological polar surface area (TPSA) is 24.5 Å². The van der Waals surface area contributed by atoms with E-state index in [9.17, 15) is 0 Å². The minimum atomic E-state index is 0.323. The van der Waals surface area contributed by atoms with E-state index in [2.05, 4.69) is 61.3 Å². The first-order valence-corrected chi connectivity index (χ1v) is 7.35. The molecule has 3 heteroatoms. The molecule has 19 heavy (non-hydrogen) atoms. The highest BCUT2D eigenvalue weighted by Crippen LogP contribution is 2.25. The predicted octanol–water partition coefficient (Wildman–Crippen LogP) is 2.45. The molecular weight excluding hydrogens is 236 g/mol. The Morgan fingerprint density at radius 3 is 2.74 bits per heavy atom. The Morgan fingerprint density at radius 2 is 2.05 bits per heavy atom. The van der Waals surface area contributed by atoms with Gasteiger partial charge in [0.15, 0.2) is 0 Å². The second-order valence-corrected chi connectivity index (χ2v) is 5.42. The third kappa shape index (κ3) is 3.78. The van der Waals surface area contributed by atoms with Crippen LogP contribution in [0.2, 0.25) is 0 Å². The molecule has 0 aromatic heterocycles. The van der Waals surface area contributed by atoms with Crippen molar-refractivity contribution >= 4 is 0 Å². The molecule has 1 aromatic rings. The van der Waals surface area contributed by atoms with Crippen molar-refractivity contribution in [2.75, 3.05) is 26.2 Å². The molecule has 1 aliphatic heterocycles. The van der Waals surface area contributed by atoms with Crippen LogP contribution in [0.15, 0.2) is 30.3 Å². The molecule has 1 fully saturated rings. The Balaban J connectivity index is 2.16. The first-order chi connectivity index (χ1) is 9.22. The molecule has 0 aliphatic carbocycles. The first-order valence-electron chi connectivity index (χ1n) is 7.35. The van der Waals surface area contributed by atoms with E-state index in [1.54, 1.807) is 0 Å². The van der Waals surface area contributed by atoms with E-state index < -0.39 is 0 Å². The average molecular weight is 262 g/mol. The van der Waals surface area contributed by atoms with Crippen LogP contribution in [-0.2, 0) is 4.74 Å². The molecule has 1 N–H and O–H groups in total. The van der Waals surface area contributed by atoms with E-state index in [4.69, 9.17) is 4.74 Å². The fraction of sp³-hybridized carbons (Fsp3) is 0.625. The summed E-state index contributed by atoms with van der Waals surface area (Å²) < 4.78 is 5.75. The van der Waals surface area contributed by atoms with E-state index in [0.29, 0.717) is 18.2 Å². The summed E-state index contributed by atoms with van der Waals surface area (Å²) in [5, 5.41) is 3.50. The molecule has 0 saturated carbocycles. The molecule has 3 unspecified atom stereocenters. The summed E-state index contributed by atoms with van der Waals surface area (Å²) in [6.45, 7) is 10.4. The lowest BCUT2D eigenvalue weighted by molar-refractivity contribution is -0.0664. The van der Waals surface area contributed by atoms with Gasteiger partial charge in [-0.15, -0.1) is 0 Å². The minimum absolute atomic E-state index is 0.323. The highest BCUT2D eigenvalue weighted by atomic mass is 16.5. The van der Waals surface area contributed by atoms with Gasteiger partial charge in [0.05, 0.1) is 12.7 Å². The van der Waals surface area contributed by atoms with Crippen molar-refractivity contribution in [3.05, 3.63) is 35.9 Å². The summed E-state index contributed by atoms with van der Waals surface area (Å²) >= 11 is 0. The summed E-state index contributed by atoms with van der Waals surface area (Å²) in [5.74, 6) is 0. The van der Waals surface area contributed by atoms with Crippen LogP contribution in [-0.4, -0.2) is 43.3 Å². The number of ether oxygens (including phenoxy) is 1. The molecule has 0 radical (unpaired) electrons. The number of rotatable bonds is 5. The van der Waals surface area contributed by atoms with Gasteiger partial charge in [-0.05, 0) is 26.0 Å². The summed E-state index contributed by atoms with van der Waals surface area (Å²) in [6, 6.07) is 11.7. The van der Waals surface area contributed by atoms with Gasteiger partial charge in [-0.3, -0.25) is 4.90 Å². The molecule has 1 saturated heterocycles. The fourth-order valence-electron chi connectivity index (χ4n) is 2.75. The zero-order valence-electron chi connectivity index (χ0n) is 12.3. The maximum atomic E-state index is 5.75. The lowest BCUT2D eigenvalue weighted by atomic mass is 10.0. The van der Waals surface area contributed by atoms with E-state index in [-0.39, 0.29) is 0 Å². The average Bonchev–Trinajstić information content (AvgIpc) is 2.44. The van der Waals surface area contributed by atoms with Crippen LogP contribution >= 0.6 is 0 Å². The van der Waals surface area contributed by atoms with Crippen molar-refractivity contribution in [2.24, 2.45) is 0 Å². The van der Waals surface area contributed by atoms with Crippen molar-refractivity contribution < 1.29 is 4.74 Å². The number of nitrogens with one attached hydrogen (secondary N) is 1. The van der Waals surface area contributed by atoms with Gasteiger partial charge in [-0.1, -0.05) is 37.3 Å². The van der Waals surface area contributed by atoms with Crippen LogP contribution in [0, 0.1) is 0 Å². The van der Waals surface area contributed by atoms with Gasteiger partial charge in [-0.25, -0.2) is 0 Å². The zero-order chi connectivity index (χ0) is 13.7. The van der Waals surface area contributed by atoms with Crippen molar-refractivity contribution in [1.29, 1.82) is 0 Å². The van der Waals surface area contributed by atoms with Crippen LogP contribution in [0.25, 0.3) is 0 Å². The lowest BCUT2D eigenvalue weighted by Crippen LogP contribution is -2.50. The second-order valence-electron chi connectivity index (χ2n) is 5.42. The van der Waals surface area contributed by atoms with E-state index in [0.717, 1.165) is 26.2 Å². The molecule has 1 heterocycles. The Labute approximate surface area is 116 Å². The van der Waals surface area contributed by atoms with Crippen molar-refractivity contribution in [1.82, 2.24) is 10.2 Å². The van der Waals surface area contributed by atoms with Gasteiger partial charge in [0.25, 0.3) is 0 Å². The smallest absolute Gasteiger partial charge is 0.0675 e. The van der Waals surface area contributed by atoms with Crippen molar-refractivity contribution in [3.63, 3.8) is 0 Å². The number of hydrogen-bond acceptors (Lipinski definition) is 3. The Bertz CT molecular complexity index is 368. The molecule has 3 atom stereocenters. The Morgan fingerprint density at radius 1 is 1.32 bits per heavy atom. The maximum absolute atomic E-state index is 5.75. The van der Waals surface area contributed by atoms with Gasteiger partial charge >= 0.3 is 0 Å². The third-order valence-corrected chi connectivity index (χ3v) is 3.83. The highest BCUT2D eigenvalue weighted by molar-refractivity contribution is 5.20. The fourth-order valence-corrected chi connectivity index (χ4v) is 2.75. The lowest BCUT2D eigenvalue weighted by Gasteiger charge is -2.42. The Kier molecular flexibility index (Phi) is 5.37. The molecule has 0 amide bonds. The van der Waals surface area contributed by atoms with Crippen LogP contribution in [0.1, 0.15) is 32.4 Å². The van der Waals surface area contributed by atoms with Crippen LogP contribution in [0.4, 0.5) is 0 Å². The third-order valence-electron chi connectivity index (χ3n) is 3.83. The first kappa shape index (κ1) is 14.5. The van der Waals surface area contributed by atoms with Gasteiger partial charge in [0.1, 0.15) is 0 Å². The van der Waals surface area contributed by atoms with Gasteiger partial charge < -0.3 is 10.1 Å². The Hall–Kier alpha value is -0.900. The summed E-state index contributed by atoms with van der Waals surface area (Å²) in [7, 11) is 0. The molecular formula is C16H26N2O. The SMILES string of the molecule is CCNCC(c1ccccc1)N1CC(C)OCC1C. The van der Waals surface area contributed by atoms with Gasteiger partial charge in [-0.2, -0.15) is 0 Å². The number of likely N-dealkylation sites (N-methyl/N-ethyl adjacent to an activating group) is 1. The maximum Gasteiger partial charge on any atom is 0.0675 e. The second kappa shape index (κ2) is 7.04. The monoisotopic (exact) mass is 262 g/mol. The van der Waals surface area contributed by atoms with Crippen molar-refractivity contribution in [3.8, 4) is 0 Å². The van der Waals surface area contributed by atoms with Gasteiger partial charge in [0, 0.05) is 25.2 Å². The largest absolute Gasteiger partial charge is 0.376 e. The number of benzene rings is 1. The minimum Gasteiger partial charge on any atom is -0.376 e. The normalized spacial score (nSPS) is 26.3. The summed E-state index contributed by atoms with van der Waals surface area (Å²) in [4.78, 5) is 2.58. The molecule has 1 aliphatic rings. The van der Waals surface area contributed by atoms with Crippen molar-refractivity contribution in [2.45, 2.75) is 39.0 Å². The molecule has 1 aromatic carbocycles. The molecule has 2 rings (SSSR count). The predicted molar refractivity (Wildman–Crippen MR) is 79.3 cm³/mol. The molecule has 0 bridgehead atoms. The van der Waals surface area contributed by atoms with E-state index >= 15 is 0 Å². The van der Waals surface area contributed by atoms with Crippen LogP contribution < -0.4 is 5.32 Å². The highest BCUT2D eigenvalue weighted by Gasteiger charge is 2.30. The number of nitrogens with zero attached hydrogens (tertiary/aromatic N) is 1. The summed E-state index contributed by atoms with van der Waals surface area (Å²) in [6.07, 6.45) is 0.323. The molecule has 106 valence electrons. The van der Waals surface area contributed by atoms with E-state index in [1.165, 1.54) is 5.56 Å². The standard InChI is InChI=1S/C16H26N2O/c1-4-17-10-16(15-8-6-5-7-9-15)18-11-14(3)19-12-13(18)2/h5-9,13-14,16-17H,4,10-12H2,1-3H3. The summed E-state index contributed by atoms with van der Waals surface area (Å²) in [5.41, 5.74) is 1.39. The number of morpholine rings is 1. The van der Waals surface area contributed by atoms with E-state index in [1.807, 2.05) is 0 Å². The quantitative estimate of drug-likeness (QED) is 0.882. The molecule has 0 spiro atoms. The van der Waals surface area contributed by atoms with Crippen LogP contribution in [0.3, 0.4) is 0 Å². The number of hydrogen-bond donors (Lipinski definition) is 1. The molecule has 3 nitrogen and oxygen atoms in total. The zero-order valence-corrected chi connectivity index (χ0v) is 12.3. The van der Waals surface area contributed by atoms with Crippen LogP contribution in [0.5, 0.6) is 0 Å². The van der Waals surface area contributed by atoms with Gasteiger partial charge in [0.2, 0.25) is 0 Å².